The molecule has 1 aromatic heterocycles. The zero-order valence-electron chi connectivity index (χ0n) is 22.1. The van der Waals surface area contributed by atoms with Crippen LogP contribution in [0.25, 0.3) is 0 Å². The van der Waals surface area contributed by atoms with Gasteiger partial charge < -0.3 is 20.7 Å². The number of hydrogen-bond donors (Lipinski definition) is 3. The Kier molecular flexibility index (Phi) is 8.04. The molecule has 0 spiro atoms. The predicted octanol–water partition coefficient (Wildman–Crippen LogP) is 5.99. The number of amides is 1. The Hall–Kier alpha value is -3.96. The SMILES string of the molecule is C=CC(=O)Nc1cccc(Nc2nc(Nc3ccc(C4CCN(C5COC5)CC4)cc3C)ncc2C(F)(F)F)c1. The number of hydrogen-bond acceptors (Lipinski definition) is 7. The summed E-state index contributed by atoms with van der Waals surface area (Å²) in [6.45, 7) is 9.11. The van der Waals surface area contributed by atoms with Gasteiger partial charge >= 0.3 is 6.18 Å². The van der Waals surface area contributed by atoms with E-state index in [-0.39, 0.29) is 5.95 Å². The number of carbonyl (C=O) groups is 1. The van der Waals surface area contributed by atoms with Crippen molar-refractivity contribution in [2.75, 3.05) is 42.3 Å². The van der Waals surface area contributed by atoms with Gasteiger partial charge in [0.15, 0.2) is 0 Å². The Morgan fingerprint density at radius 3 is 2.50 bits per heavy atom. The third-order valence-corrected chi connectivity index (χ3v) is 7.31. The van der Waals surface area contributed by atoms with E-state index in [9.17, 15) is 18.0 Å². The van der Waals surface area contributed by atoms with E-state index in [1.165, 1.54) is 11.6 Å². The second-order valence-corrected chi connectivity index (χ2v) is 10.1. The summed E-state index contributed by atoms with van der Waals surface area (Å²) in [6, 6.07) is 13.0. The number of nitrogens with one attached hydrogen (secondary N) is 3. The Balaban J connectivity index is 1.31. The number of nitrogens with zero attached hydrogens (tertiary/aromatic N) is 3. The standard InChI is InChI=1S/C29H31F3N6O2/c1-3-26(39)34-21-5-4-6-22(14-21)35-27-24(29(30,31)32)15-33-28(37-27)36-25-8-7-20(13-18(25)2)19-9-11-38(12-10-19)23-16-40-17-23/h3-8,13-15,19,23H,1,9-12,16-17H2,2H3,(H,34,39)(H2,33,35,36,37). The molecule has 2 saturated heterocycles. The number of likely N-dealkylation sites (tertiary alicyclic amines) is 1. The molecular formula is C29H31F3N6O2. The first-order valence-corrected chi connectivity index (χ1v) is 13.1. The number of rotatable bonds is 8. The number of halogens is 3. The van der Waals surface area contributed by atoms with Gasteiger partial charge in [-0.3, -0.25) is 9.69 Å². The molecule has 40 heavy (non-hydrogen) atoms. The van der Waals surface area contributed by atoms with Gasteiger partial charge in [0.1, 0.15) is 11.4 Å². The minimum absolute atomic E-state index is 0.0264. The largest absolute Gasteiger partial charge is 0.421 e. The highest BCUT2D eigenvalue weighted by Crippen LogP contribution is 2.36. The maximum atomic E-state index is 13.8. The van der Waals surface area contributed by atoms with Crippen LogP contribution >= 0.6 is 0 Å². The highest BCUT2D eigenvalue weighted by atomic mass is 19.4. The second kappa shape index (κ2) is 11.6. The molecule has 0 unspecified atom stereocenters. The molecule has 11 heteroatoms. The van der Waals surface area contributed by atoms with Crippen molar-refractivity contribution in [2.24, 2.45) is 0 Å². The predicted molar refractivity (Wildman–Crippen MR) is 148 cm³/mol. The lowest BCUT2D eigenvalue weighted by atomic mass is 9.87. The Morgan fingerprint density at radius 2 is 1.85 bits per heavy atom. The summed E-state index contributed by atoms with van der Waals surface area (Å²) in [5.41, 5.74) is 2.63. The van der Waals surface area contributed by atoms with Crippen molar-refractivity contribution >= 4 is 34.7 Å². The summed E-state index contributed by atoms with van der Waals surface area (Å²) in [7, 11) is 0. The minimum Gasteiger partial charge on any atom is -0.378 e. The molecule has 3 aromatic rings. The molecule has 5 rings (SSSR count). The lowest BCUT2D eigenvalue weighted by Gasteiger charge is -2.41. The quantitative estimate of drug-likeness (QED) is 0.296. The van der Waals surface area contributed by atoms with Crippen LogP contribution in [0, 0.1) is 6.92 Å². The lowest BCUT2D eigenvalue weighted by Crippen LogP contribution is -2.51. The average molecular weight is 553 g/mol. The van der Waals surface area contributed by atoms with Gasteiger partial charge in [-0.15, -0.1) is 0 Å². The molecule has 2 aromatic carbocycles. The summed E-state index contributed by atoms with van der Waals surface area (Å²) >= 11 is 0. The maximum Gasteiger partial charge on any atom is 0.421 e. The molecule has 8 nitrogen and oxygen atoms in total. The summed E-state index contributed by atoms with van der Waals surface area (Å²) in [4.78, 5) is 22.2. The lowest BCUT2D eigenvalue weighted by molar-refractivity contribution is -0.137. The third-order valence-electron chi connectivity index (χ3n) is 7.31. The highest BCUT2D eigenvalue weighted by Gasteiger charge is 2.35. The van der Waals surface area contributed by atoms with Crippen LogP contribution in [0.3, 0.4) is 0 Å². The van der Waals surface area contributed by atoms with Crippen molar-refractivity contribution in [3.8, 4) is 0 Å². The van der Waals surface area contributed by atoms with Crippen LogP contribution in [-0.4, -0.2) is 53.1 Å². The van der Waals surface area contributed by atoms with Gasteiger partial charge in [-0.2, -0.15) is 18.2 Å². The molecule has 210 valence electrons. The zero-order chi connectivity index (χ0) is 28.3. The van der Waals surface area contributed by atoms with E-state index in [0.717, 1.165) is 57.0 Å². The topological polar surface area (TPSA) is 91.4 Å². The molecule has 1 amide bonds. The van der Waals surface area contributed by atoms with E-state index in [1.54, 1.807) is 18.2 Å². The third kappa shape index (κ3) is 6.43. The van der Waals surface area contributed by atoms with Crippen molar-refractivity contribution in [1.29, 1.82) is 0 Å². The first-order valence-electron chi connectivity index (χ1n) is 13.1. The molecule has 2 aliphatic rings. The fourth-order valence-electron chi connectivity index (χ4n) is 4.98. The summed E-state index contributed by atoms with van der Waals surface area (Å²) in [5, 5.41) is 8.37. The van der Waals surface area contributed by atoms with Gasteiger partial charge in [-0.1, -0.05) is 24.8 Å². The first-order chi connectivity index (χ1) is 19.2. The number of carbonyl (C=O) groups excluding carboxylic acids is 1. The van der Waals surface area contributed by atoms with Gasteiger partial charge in [0.05, 0.1) is 19.3 Å². The van der Waals surface area contributed by atoms with E-state index in [2.05, 4.69) is 49.5 Å². The second-order valence-electron chi connectivity index (χ2n) is 10.1. The molecule has 3 N–H and O–H groups in total. The Morgan fingerprint density at radius 1 is 1.10 bits per heavy atom. The van der Waals surface area contributed by atoms with Crippen LogP contribution in [0.1, 0.15) is 35.4 Å². The van der Waals surface area contributed by atoms with E-state index >= 15 is 0 Å². The van der Waals surface area contributed by atoms with Crippen LogP contribution in [0.5, 0.6) is 0 Å². The molecule has 0 atom stereocenters. The summed E-state index contributed by atoms with van der Waals surface area (Å²) in [6.07, 6.45) is -0.649. The van der Waals surface area contributed by atoms with Crippen LogP contribution in [0.2, 0.25) is 0 Å². The average Bonchev–Trinajstić information content (AvgIpc) is 2.89. The van der Waals surface area contributed by atoms with Gasteiger partial charge in [0, 0.05) is 23.3 Å². The maximum absolute atomic E-state index is 13.8. The van der Waals surface area contributed by atoms with E-state index in [4.69, 9.17) is 4.74 Å². The van der Waals surface area contributed by atoms with Crippen LogP contribution in [0.4, 0.5) is 42.0 Å². The number of piperidine rings is 1. The van der Waals surface area contributed by atoms with Crippen molar-refractivity contribution in [3.05, 3.63) is 78.0 Å². The van der Waals surface area contributed by atoms with Crippen molar-refractivity contribution in [1.82, 2.24) is 14.9 Å². The minimum atomic E-state index is -4.67. The molecule has 2 fully saturated rings. The molecule has 0 bridgehead atoms. The number of anilines is 5. The summed E-state index contributed by atoms with van der Waals surface area (Å²) in [5.74, 6) is -0.346. The molecular weight excluding hydrogens is 521 g/mol. The smallest absolute Gasteiger partial charge is 0.378 e. The Bertz CT molecular complexity index is 1380. The molecule has 2 aliphatic heterocycles. The number of alkyl halides is 3. The fraction of sp³-hybridized carbons (Fsp3) is 0.345. The van der Waals surface area contributed by atoms with E-state index < -0.39 is 23.5 Å². The number of aryl methyl sites for hydroxylation is 1. The van der Waals surface area contributed by atoms with Crippen molar-refractivity contribution in [2.45, 2.75) is 37.9 Å². The van der Waals surface area contributed by atoms with Gasteiger partial charge in [0.2, 0.25) is 11.9 Å². The van der Waals surface area contributed by atoms with Gasteiger partial charge in [-0.25, -0.2) is 4.98 Å². The fourth-order valence-corrected chi connectivity index (χ4v) is 4.98. The van der Waals surface area contributed by atoms with Crippen LogP contribution in [-0.2, 0) is 15.7 Å². The number of ether oxygens (including phenoxy) is 1. The van der Waals surface area contributed by atoms with Crippen LogP contribution in [0.15, 0.2) is 61.3 Å². The molecule has 3 heterocycles. The number of aromatic nitrogens is 2. The molecule has 0 saturated carbocycles. The van der Waals surface area contributed by atoms with E-state index in [0.29, 0.717) is 29.0 Å². The van der Waals surface area contributed by atoms with Crippen molar-refractivity contribution < 1.29 is 22.7 Å². The van der Waals surface area contributed by atoms with Gasteiger partial charge in [-0.05, 0) is 80.2 Å². The van der Waals surface area contributed by atoms with Crippen LogP contribution < -0.4 is 16.0 Å². The highest BCUT2D eigenvalue weighted by molar-refractivity contribution is 5.99. The molecule has 0 radical (unpaired) electrons. The Labute approximate surface area is 230 Å². The monoisotopic (exact) mass is 552 g/mol. The van der Waals surface area contributed by atoms with E-state index in [1.807, 2.05) is 13.0 Å². The molecule has 0 aliphatic carbocycles. The zero-order valence-corrected chi connectivity index (χ0v) is 22.1. The van der Waals surface area contributed by atoms with Gasteiger partial charge in [0.25, 0.3) is 0 Å². The number of benzene rings is 2. The van der Waals surface area contributed by atoms with Crippen molar-refractivity contribution in [3.63, 3.8) is 0 Å². The summed E-state index contributed by atoms with van der Waals surface area (Å²) < 4.78 is 46.6. The first kappa shape index (κ1) is 27.6. The normalized spacial score (nSPS) is 16.7.